The fraction of sp³-hybridized carbons (Fsp3) is 0.692. The van der Waals surface area contributed by atoms with E-state index in [1.165, 1.54) is 14.3 Å². The fourth-order valence-corrected chi connectivity index (χ4v) is 4.32. The Morgan fingerprint density at radius 1 is 1.38 bits per heavy atom. The van der Waals surface area contributed by atoms with E-state index >= 15 is 0 Å². The molecule has 0 aromatic heterocycles. The van der Waals surface area contributed by atoms with Crippen molar-refractivity contribution in [3.8, 4) is 0 Å². The van der Waals surface area contributed by atoms with E-state index in [9.17, 15) is 0 Å². The highest BCUT2D eigenvalue weighted by Crippen LogP contribution is 2.51. The summed E-state index contributed by atoms with van der Waals surface area (Å²) in [5, 5.41) is 0. The average molecular weight is 304 g/mol. The Hall–Kier alpha value is 0.270. The number of thioether (sulfide) groups is 1. The second kappa shape index (κ2) is 5.74. The maximum absolute atomic E-state index is 3.77. The predicted octanol–water partition coefficient (Wildman–Crippen LogP) is 4.47. The lowest BCUT2D eigenvalue weighted by atomic mass is 9.87. The lowest BCUT2D eigenvalue weighted by Crippen LogP contribution is -2.35. The van der Waals surface area contributed by atoms with E-state index in [2.05, 4.69) is 68.7 Å². The van der Waals surface area contributed by atoms with Gasteiger partial charge >= 0.3 is 0 Å². The summed E-state index contributed by atoms with van der Waals surface area (Å²) in [4.78, 5) is 5.21. The molecule has 1 rings (SSSR count). The molecule has 0 radical (unpaired) electrons. The number of hydrogen-bond donors (Lipinski definition) is 0. The molecular formula is C13H22BrNS. The van der Waals surface area contributed by atoms with Crippen LogP contribution in [0.5, 0.6) is 0 Å². The van der Waals surface area contributed by atoms with E-state index in [1.54, 1.807) is 0 Å². The molecule has 3 unspecified atom stereocenters. The zero-order chi connectivity index (χ0) is 12.5. The Morgan fingerprint density at radius 2 is 1.94 bits per heavy atom. The van der Waals surface area contributed by atoms with Crippen LogP contribution in [0.1, 0.15) is 27.7 Å². The van der Waals surface area contributed by atoms with Gasteiger partial charge in [0.2, 0.25) is 0 Å². The van der Waals surface area contributed by atoms with Crippen molar-refractivity contribution in [1.29, 1.82) is 0 Å². The van der Waals surface area contributed by atoms with Gasteiger partial charge in [-0.1, -0.05) is 40.7 Å². The van der Waals surface area contributed by atoms with Crippen LogP contribution in [0, 0.1) is 11.8 Å². The molecule has 92 valence electrons. The minimum absolute atomic E-state index is 0.549. The molecule has 0 N–H and O–H groups in total. The third-order valence-corrected chi connectivity index (χ3v) is 6.17. The molecule has 0 aliphatic carbocycles. The van der Waals surface area contributed by atoms with Crippen LogP contribution in [0.2, 0.25) is 0 Å². The minimum Gasteiger partial charge on any atom is -0.306 e. The van der Waals surface area contributed by atoms with Crippen molar-refractivity contribution in [2.75, 3.05) is 14.1 Å². The molecule has 3 atom stereocenters. The first-order chi connectivity index (χ1) is 7.40. The van der Waals surface area contributed by atoms with Crippen molar-refractivity contribution in [2.45, 2.75) is 33.7 Å². The summed E-state index contributed by atoms with van der Waals surface area (Å²) in [6, 6.07) is 0.582. The Balaban J connectivity index is 2.93. The smallest absolute Gasteiger partial charge is 0.0264 e. The van der Waals surface area contributed by atoms with Gasteiger partial charge in [0, 0.05) is 16.4 Å². The third-order valence-electron chi connectivity index (χ3n) is 3.57. The van der Waals surface area contributed by atoms with E-state index < -0.39 is 0 Å². The van der Waals surface area contributed by atoms with Gasteiger partial charge in [-0.25, -0.2) is 0 Å². The highest BCUT2D eigenvalue weighted by molar-refractivity contribution is 9.11. The molecule has 1 aliphatic rings. The van der Waals surface area contributed by atoms with E-state index in [4.69, 9.17) is 0 Å². The molecule has 1 aliphatic heterocycles. The summed E-state index contributed by atoms with van der Waals surface area (Å²) in [6.07, 6.45) is 2.26. The lowest BCUT2D eigenvalue weighted by molar-refractivity contribution is 0.217. The monoisotopic (exact) mass is 303 g/mol. The van der Waals surface area contributed by atoms with Crippen molar-refractivity contribution in [1.82, 2.24) is 4.90 Å². The number of hydrogen-bond acceptors (Lipinski definition) is 2. The van der Waals surface area contributed by atoms with Crippen LogP contribution in [0.25, 0.3) is 0 Å². The SMILES string of the molecule is C/C=C1\SC(C)=C(Br)C1C(C)C(C)N(C)C. The highest BCUT2D eigenvalue weighted by atomic mass is 79.9. The first kappa shape index (κ1) is 14.3. The summed E-state index contributed by atoms with van der Waals surface area (Å²) < 4.78 is 1.38. The van der Waals surface area contributed by atoms with Gasteiger partial charge in [-0.05, 0) is 50.6 Å². The summed E-state index contributed by atoms with van der Waals surface area (Å²) >= 11 is 5.68. The van der Waals surface area contributed by atoms with Crippen LogP contribution in [0.15, 0.2) is 20.4 Å². The average Bonchev–Trinajstić information content (AvgIpc) is 2.52. The molecule has 0 aromatic rings. The maximum atomic E-state index is 3.77. The van der Waals surface area contributed by atoms with Crippen molar-refractivity contribution in [3.63, 3.8) is 0 Å². The largest absolute Gasteiger partial charge is 0.306 e. The van der Waals surface area contributed by atoms with Gasteiger partial charge in [0.05, 0.1) is 0 Å². The maximum Gasteiger partial charge on any atom is 0.0264 e. The topological polar surface area (TPSA) is 3.24 Å². The molecule has 1 heterocycles. The minimum atomic E-state index is 0.549. The van der Waals surface area contributed by atoms with Crippen molar-refractivity contribution < 1.29 is 0 Å². The van der Waals surface area contributed by atoms with E-state index in [0.717, 1.165) is 0 Å². The van der Waals surface area contributed by atoms with Gasteiger partial charge in [-0.15, -0.1) is 0 Å². The number of nitrogens with zero attached hydrogens (tertiary/aromatic N) is 1. The first-order valence-corrected chi connectivity index (χ1v) is 7.37. The van der Waals surface area contributed by atoms with Gasteiger partial charge in [0.1, 0.15) is 0 Å². The number of rotatable bonds is 3. The molecule has 16 heavy (non-hydrogen) atoms. The molecule has 0 saturated heterocycles. The zero-order valence-electron chi connectivity index (χ0n) is 11.0. The van der Waals surface area contributed by atoms with Gasteiger partial charge in [-0.2, -0.15) is 0 Å². The zero-order valence-corrected chi connectivity index (χ0v) is 13.4. The Bertz CT molecular complexity index is 320. The Kier molecular flexibility index (Phi) is 5.14. The van der Waals surface area contributed by atoms with E-state index in [1.807, 2.05) is 11.8 Å². The van der Waals surface area contributed by atoms with Crippen molar-refractivity contribution >= 4 is 27.7 Å². The first-order valence-electron chi connectivity index (χ1n) is 5.76. The van der Waals surface area contributed by atoms with Gasteiger partial charge in [0.25, 0.3) is 0 Å². The fourth-order valence-electron chi connectivity index (χ4n) is 2.11. The second-order valence-corrected chi connectivity index (χ2v) is 6.88. The van der Waals surface area contributed by atoms with Crippen molar-refractivity contribution in [2.24, 2.45) is 11.8 Å². The summed E-state index contributed by atoms with van der Waals surface area (Å²) in [5.41, 5.74) is 0. The molecule has 0 spiro atoms. The van der Waals surface area contributed by atoms with Crippen LogP contribution >= 0.6 is 27.7 Å². The molecule has 3 heteroatoms. The van der Waals surface area contributed by atoms with Crippen LogP contribution in [-0.4, -0.2) is 25.0 Å². The molecule has 0 aromatic carbocycles. The third kappa shape index (κ3) is 2.74. The standard InChI is InChI=1S/C13H22BrNS/c1-7-11-12(13(14)10(4)16-11)8(2)9(3)15(5)6/h7-9,12H,1-6H3/b11-7-. The molecule has 0 fully saturated rings. The predicted molar refractivity (Wildman–Crippen MR) is 78.8 cm³/mol. The summed E-state index contributed by atoms with van der Waals surface area (Å²) in [5.74, 6) is 1.17. The van der Waals surface area contributed by atoms with Crippen LogP contribution in [0.3, 0.4) is 0 Å². The Labute approximate surface area is 112 Å². The quantitative estimate of drug-likeness (QED) is 0.757. The number of allylic oxidation sites excluding steroid dienone is 4. The van der Waals surface area contributed by atoms with Gasteiger partial charge < -0.3 is 4.90 Å². The molecule has 0 saturated carbocycles. The van der Waals surface area contributed by atoms with Crippen LogP contribution in [-0.2, 0) is 0 Å². The van der Waals surface area contributed by atoms with Crippen LogP contribution < -0.4 is 0 Å². The van der Waals surface area contributed by atoms with Crippen LogP contribution in [0.4, 0.5) is 0 Å². The molecule has 1 nitrogen and oxygen atoms in total. The summed E-state index contributed by atoms with van der Waals surface area (Å²) in [7, 11) is 4.31. The Morgan fingerprint density at radius 3 is 2.38 bits per heavy atom. The lowest BCUT2D eigenvalue weighted by Gasteiger charge is -2.31. The second-order valence-electron chi connectivity index (χ2n) is 4.74. The molecule has 0 bridgehead atoms. The number of halogens is 1. The van der Waals surface area contributed by atoms with E-state index in [-0.39, 0.29) is 0 Å². The van der Waals surface area contributed by atoms with Gasteiger partial charge in [-0.3, -0.25) is 0 Å². The van der Waals surface area contributed by atoms with Crippen molar-refractivity contribution in [3.05, 3.63) is 20.4 Å². The molecule has 0 amide bonds. The van der Waals surface area contributed by atoms with E-state index in [0.29, 0.717) is 17.9 Å². The molecular weight excluding hydrogens is 282 g/mol. The summed E-state index contributed by atoms with van der Waals surface area (Å²) in [6.45, 7) is 8.99. The normalized spacial score (nSPS) is 28.0. The van der Waals surface area contributed by atoms with Gasteiger partial charge in [0.15, 0.2) is 0 Å². The highest BCUT2D eigenvalue weighted by Gasteiger charge is 2.34.